The van der Waals surface area contributed by atoms with Crippen LogP contribution in [0.15, 0.2) is 41.4 Å². The van der Waals surface area contributed by atoms with Crippen LogP contribution in [0.4, 0.5) is 0 Å². The SMILES string of the molecule is CC(C)NCC(O)c1cc(O)cc(O)c1.CC(Oc1c(Cl)cccc1Cl)C1=NCCN1. The van der Waals surface area contributed by atoms with E-state index in [0.29, 0.717) is 27.9 Å². The lowest BCUT2D eigenvalue weighted by atomic mass is 10.1. The Morgan fingerprint density at radius 3 is 2.23 bits per heavy atom. The number of aliphatic hydroxyl groups is 1. The van der Waals surface area contributed by atoms with Crippen molar-refractivity contribution in [2.24, 2.45) is 4.99 Å². The number of halogens is 2. The second-order valence-corrected chi connectivity index (χ2v) is 8.18. The Morgan fingerprint density at radius 2 is 1.71 bits per heavy atom. The molecular weight excluding hydrogens is 441 g/mol. The number of aliphatic imine (C=N–C) groups is 1. The fourth-order valence-corrected chi connectivity index (χ4v) is 3.28. The number of para-hydroxylation sites is 1. The molecule has 1 aliphatic rings. The average molecular weight is 470 g/mol. The molecule has 9 heteroatoms. The van der Waals surface area contributed by atoms with E-state index in [1.807, 2.05) is 20.8 Å². The highest BCUT2D eigenvalue weighted by atomic mass is 35.5. The summed E-state index contributed by atoms with van der Waals surface area (Å²) in [7, 11) is 0. The summed E-state index contributed by atoms with van der Waals surface area (Å²) in [5.74, 6) is 1.26. The Bertz CT molecular complexity index is 853. The molecule has 0 radical (unpaired) electrons. The van der Waals surface area contributed by atoms with Gasteiger partial charge in [0.2, 0.25) is 0 Å². The minimum atomic E-state index is -0.731. The van der Waals surface area contributed by atoms with Crippen LogP contribution in [0.2, 0.25) is 10.0 Å². The fraction of sp³-hybridized carbons (Fsp3) is 0.409. The molecule has 0 amide bonds. The average Bonchev–Trinajstić information content (AvgIpc) is 3.23. The zero-order chi connectivity index (χ0) is 23.0. The molecule has 0 fully saturated rings. The molecule has 1 aliphatic heterocycles. The number of nitrogens with one attached hydrogen (secondary N) is 2. The van der Waals surface area contributed by atoms with Crippen molar-refractivity contribution in [2.45, 2.75) is 39.0 Å². The molecule has 170 valence electrons. The summed E-state index contributed by atoms with van der Waals surface area (Å²) < 4.78 is 5.70. The number of nitrogens with zero attached hydrogens (tertiary/aromatic N) is 1. The van der Waals surface area contributed by atoms with Crippen LogP contribution in [0, 0.1) is 0 Å². The zero-order valence-electron chi connectivity index (χ0n) is 17.8. The van der Waals surface area contributed by atoms with Gasteiger partial charge in [-0.3, -0.25) is 4.99 Å². The van der Waals surface area contributed by atoms with E-state index in [9.17, 15) is 15.3 Å². The van der Waals surface area contributed by atoms with E-state index in [0.717, 1.165) is 18.9 Å². The van der Waals surface area contributed by atoms with Crippen molar-refractivity contribution in [1.29, 1.82) is 0 Å². The van der Waals surface area contributed by atoms with Gasteiger partial charge in [0, 0.05) is 25.2 Å². The van der Waals surface area contributed by atoms with E-state index >= 15 is 0 Å². The summed E-state index contributed by atoms with van der Waals surface area (Å²) in [6, 6.07) is 9.67. The summed E-state index contributed by atoms with van der Waals surface area (Å²) >= 11 is 12.0. The van der Waals surface area contributed by atoms with Gasteiger partial charge in [-0.15, -0.1) is 0 Å². The first-order valence-electron chi connectivity index (χ1n) is 10.0. The molecule has 7 nitrogen and oxygen atoms in total. The van der Waals surface area contributed by atoms with Gasteiger partial charge in [0.1, 0.15) is 17.3 Å². The summed E-state index contributed by atoms with van der Waals surface area (Å²) in [5.41, 5.74) is 0.501. The van der Waals surface area contributed by atoms with Crippen LogP contribution in [0.25, 0.3) is 0 Å². The van der Waals surface area contributed by atoms with Crippen molar-refractivity contribution in [2.75, 3.05) is 19.6 Å². The van der Waals surface area contributed by atoms with Crippen LogP contribution in [0.5, 0.6) is 17.2 Å². The van der Waals surface area contributed by atoms with Crippen LogP contribution < -0.4 is 15.4 Å². The lowest BCUT2D eigenvalue weighted by molar-refractivity contribution is 0.171. The van der Waals surface area contributed by atoms with E-state index in [4.69, 9.17) is 27.9 Å². The second kappa shape index (κ2) is 12.0. The van der Waals surface area contributed by atoms with Gasteiger partial charge in [0.15, 0.2) is 11.9 Å². The summed E-state index contributed by atoms with van der Waals surface area (Å²) in [4.78, 5) is 4.29. The van der Waals surface area contributed by atoms with E-state index in [-0.39, 0.29) is 23.6 Å². The number of hydrogen-bond acceptors (Lipinski definition) is 7. The quantitative estimate of drug-likeness (QED) is 0.421. The van der Waals surface area contributed by atoms with E-state index in [1.54, 1.807) is 18.2 Å². The molecule has 31 heavy (non-hydrogen) atoms. The molecule has 0 spiro atoms. The van der Waals surface area contributed by atoms with Gasteiger partial charge < -0.3 is 30.7 Å². The first-order valence-corrected chi connectivity index (χ1v) is 10.8. The number of ether oxygens (including phenoxy) is 1. The highest BCUT2D eigenvalue weighted by Crippen LogP contribution is 2.33. The van der Waals surface area contributed by atoms with Crippen LogP contribution in [-0.4, -0.2) is 52.9 Å². The lowest BCUT2D eigenvalue weighted by Gasteiger charge is -2.16. The molecule has 1 heterocycles. The highest BCUT2D eigenvalue weighted by Gasteiger charge is 2.18. The van der Waals surface area contributed by atoms with Crippen LogP contribution in [0.1, 0.15) is 32.4 Å². The molecule has 0 saturated heterocycles. The number of benzene rings is 2. The maximum atomic E-state index is 9.73. The molecule has 0 saturated carbocycles. The molecule has 2 unspecified atom stereocenters. The van der Waals surface area contributed by atoms with Gasteiger partial charge in [-0.2, -0.15) is 0 Å². The van der Waals surface area contributed by atoms with Crippen LogP contribution in [-0.2, 0) is 0 Å². The number of phenols is 2. The molecule has 0 aromatic heterocycles. The van der Waals surface area contributed by atoms with Gasteiger partial charge in [-0.25, -0.2) is 0 Å². The molecule has 0 bridgehead atoms. The Kier molecular flexibility index (Phi) is 9.71. The Morgan fingerprint density at radius 1 is 1.10 bits per heavy atom. The summed E-state index contributed by atoms with van der Waals surface area (Å²) in [6.07, 6.45) is -0.898. The maximum Gasteiger partial charge on any atom is 0.157 e. The summed E-state index contributed by atoms with van der Waals surface area (Å²) in [6.45, 7) is 7.91. The minimum absolute atomic E-state index is 0.0476. The minimum Gasteiger partial charge on any atom is -0.508 e. The topological polar surface area (TPSA) is 106 Å². The Hall–Kier alpha value is -2.19. The number of phenolic OH excluding ortho intramolecular Hbond substituents is 2. The fourth-order valence-electron chi connectivity index (χ4n) is 2.79. The third-order valence-electron chi connectivity index (χ3n) is 4.33. The predicted octanol–water partition coefficient (Wildman–Crippen LogP) is 3.89. The molecule has 3 rings (SSSR count). The second-order valence-electron chi connectivity index (χ2n) is 7.37. The van der Waals surface area contributed by atoms with Crippen molar-refractivity contribution >= 4 is 29.0 Å². The number of rotatable bonds is 7. The Balaban J connectivity index is 0.000000221. The van der Waals surface area contributed by atoms with E-state index in [2.05, 4.69) is 15.6 Å². The third-order valence-corrected chi connectivity index (χ3v) is 4.92. The van der Waals surface area contributed by atoms with Gasteiger partial charge in [-0.05, 0) is 36.8 Å². The monoisotopic (exact) mass is 469 g/mol. The highest BCUT2D eigenvalue weighted by molar-refractivity contribution is 6.37. The van der Waals surface area contributed by atoms with Crippen molar-refractivity contribution in [1.82, 2.24) is 10.6 Å². The van der Waals surface area contributed by atoms with Crippen molar-refractivity contribution < 1.29 is 20.1 Å². The standard InChI is InChI=1S/C11H12Cl2N2O.C11H17NO3/c1-7(11-14-5-6-15-11)16-10-8(12)3-2-4-9(10)13;1-7(2)12-6-11(15)8-3-9(13)5-10(14)4-8/h2-4,7H,5-6H2,1H3,(H,14,15);3-5,7,11-15H,6H2,1-2H3. The normalized spacial score (nSPS) is 14.9. The smallest absolute Gasteiger partial charge is 0.157 e. The van der Waals surface area contributed by atoms with Gasteiger partial charge >= 0.3 is 0 Å². The predicted molar refractivity (Wildman–Crippen MR) is 125 cm³/mol. The lowest BCUT2D eigenvalue weighted by Crippen LogP contribution is -2.33. The van der Waals surface area contributed by atoms with Crippen molar-refractivity contribution in [3.8, 4) is 17.2 Å². The van der Waals surface area contributed by atoms with Crippen molar-refractivity contribution in [3.05, 3.63) is 52.0 Å². The maximum absolute atomic E-state index is 9.73. The third kappa shape index (κ3) is 8.10. The van der Waals surface area contributed by atoms with Crippen LogP contribution >= 0.6 is 23.2 Å². The zero-order valence-corrected chi connectivity index (χ0v) is 19.3. The first-order chi connectivity index (χ1) is 14.7. The van der Waals surface area contributed by atoms with E-state index in [1.165, 1.54) is 18.2 Å². The first kappa shape index (κ1) is 25.1. The molecule has 2 aromatic carbocycles. The molecule has 0 aliphatic carbocycles. The molecular formula is C22H29Cl2N3O4. The summed E-state index contributed by atoms with van der Waals surface area (Å²) in [5, 5.41) is 35.4. The molecule has 2 aromatic rings. The van der Waals surface area contributed by atoms with Gasteiger partial charge in [0.25, 0.3) is 0 Å². The van der Waals surface area contributed by atoms with Crippen molar-refractivity contribution in [3.63, 3.8) is 0 Å². The number of aliphatic hydroxyl groups excluding tert-OH is 1. The van der Waals surface area contributed by atoms with Gasteiger partial charge in [0.05, 0.1) is 22.7 Å². The Labute approximate surface area is 192 Å². The van der Waals surface area contributed by atoms with E-state index < -0.39 is 6.10 Å². The molecule has 2 atom stereocenters. The number of hydrogen-bond donors (Lipinski definition) is 5. The van der Waals surface area contributed by atoms with Crippen LogP contribution in [0.3, 0.4) is 0 Å². The number of aromatic hydroxyl groups is 2. The van der Waals surface area contributed by atoms with Gasteiger partial charge in [-0.1, -0.05) is 43.1 Å². The largest absolute Gasteiger partial charge is 0.508 e. The molecule has 5 N–H and O–H groups in total. The number of amidine groups is 1.